The third-order valence-corrected chi connectivity index (χ3v) is 6.73. The van der Waals surface area contributed by atoms with Crippen molar-refractivity contribution in [2.45, 2.75) is 20.3 Å². The molecule has 168 valence electrons. The number of methoxy groups -OCH3 is 1. The molecule has 3 rings (SSSR count). The Morgan fingerprint density at radius 2 is 1.91 bits per heavy atom. The predicted octanol–water partition coefficient (Wildman–Crippen LogP) is 5.64. The maximum Gasteiger partial charge on any atom is 0.229 e. The lowest BCUT2D eigenvalue weighted by Crippen LogP contribution is -2.08. The van der Waals surface area contributed by atoms with Crippen LogP contribution >= 0.6 is 18.7 Å². The van der Waals surface area contributed by atoms with Gasteiger partial charge in [0.1, 0.15) is 17.9 Å². The van der Waals surface area contributed by atoms with Crippen LogP contribution in [-0.2, 0) is 11.0 Å². The molecule has 0 aliphatic rings. The van der Waals surface area contributed by atoms with Crippen LogP contribution in [0, 0.1) is 0 Å². The molecule has 0 spiro atoms. The van der Waals surface area contributed by atoms with Gasteiger partial charge in [0.2, 0.25) is 5.95 Å². The van der Waals surface area contributed by atoms with Crippen molar-refractivity contribution in [2.24, 2.45) is 0 Å². The number of carbonyl (C=O) groups is 1. The minimum Gasteiger partial charge on any atom is -0.495 e. The first kappa shape index (κ1) is 23.8. The average molecular weight is 473 g/mol. The van der Waals surface area contributed by atoms with Crippen LogP contribution in [0.3, 0.4) is 0 Å². The Balaban J connectivity index is 1.94. The van der Waals surface area contributed by atoms with E-state index >= 15 is 0 Å². The molecule has 0 aliphatic heterocycles. The Morgan fingerprint density at radius 1 is 1.16 bits per heavy atom. The summed E-state index contributed by atoms with van der Waals surface area (Å²) in [6.45, 7) is 6.95. The third kappa shape index (κ3) is 5.29. The highest BCUT2D eigenvalue weighted by atomic mass is 35.5. The largest absolute Gasteiger partial charge is 0.495 e. The molecule has 0 radical (unpaired) electrons. The Bertz CT molecular complexity index is 1210. The van der Waals surface area contributed by atoms with Gasteiger partial charge in [0.05, 0.1) is 24.7 Å². The number of hydrogen-bond acceptors (Lipinski definition) is 7. The zero-order valence-corrected chi connectivity index (χ0v) is 20.3. The number of carbonyl (C=O) groups excluding carboxylic acids is 1. The number of rotatable bonds is 8. The minimum atomic E-state index is -2.43. The Morgan fingerprint density at radius 3 is 2.53 bits per heavy atom. The number of Topliss-reactive ketones (excluding diaryl/α,β-unsaturated/α-hetero) is 1. The van der Waals surface area contributed by atoms with Gasteiger partial charge < -0.3 is 19.9 Å². The number of aromatic nitrogens is 2. The molecule has 0 atom stereocenters. The van der Waals surface area contributed by atoms with Gasteiger partial charge in [0.15, 0.2) is 11.6 Å². The lowest BCUT2D eigenvalue weighted by atomic mass is 10.00. The fourth-order valence-corrected chi connectivity index (χ4v) is 4.30. The predicted molar refractivity (Wildman–Crippen MR) is 132 cm³/mol. The van der Waals surface area contributed by atoms with Crippen molar-refractivity contribution in [1.82, 2.24) is 9.97 Å². The van der Waals surface area contributed by atoms with Crippen LogP contribution in [0.1, 0.15) is 29.8 Å². The molecule has 0 saturated carbocycles. The summed E-state index contributed by atoms with van der Waals surface area (Å²) in [6.07, 6.45) is 2.20. The van der Waals surface area contributed by atoms with E-state index in [0.29, 0.717) is 38.8 Å². The maximum absolute atomic E-state index is 12.4. The summed E-state index contributed by atoms with van der Waals surface area (Å²) < 4.78 is 17.8. The van der Waals surface area contributed by atoms with Gasteiger partial charge in [-0.3, -0.25) is 4.79 Å². The van der Waals surface area contributed by atoms with Gasteiger partial charge in [0.25, 0.3) is 0 Å². The van der Waals surface area contributed by atoms with Crippen molar-refractivity contribution in [2.75, 3.05) is 31.1 Å². The van der Waals surface area contributed by atoms with Crippen LogP contribution in [0.25, 0.3) is 0 Å². The standard InChI is InChI=1S/C23H26ClN4O3P/c1-6-15-8-7-9-19(21(15)14(2)29)26-22-17(24)13-25-23(28-22)27-18-11-10-16(32(4,5)30)12-20(18)31-3/h7-13H,6H2,1-5H3,(H2,25,26,27,28). The lowest BCUT2D eigenvalue weighted by molar-refractivity contribution is 0.101. The van der Waals surface area contributed by atoms with Gasteiger partial charge in [-0.15, -0.1) is 0 Å². The Hall–Kier alpha value is -2.89. The molecule has 2 N–H and O–H groups in total. The number of benzene rings is 2. The summed E-state index contributed by atoms with van der Waals surface area (Å²) in [4.78, 5) is 21.0. The zero-order chi connectivity index (χ0) is 23.5. The normalized spacial score (nSPS) is 11.2. The number of anilines is 4. The van der Waals surface area contributed by atoms with E-state index in [1.807, 2.05) is 25.1 Å². The van der Waals surface area contributed by atoms with Crippen molar-refractivity contribution in [3.8, 4) is 5.75 Å². The first-order valence-corrected chi connectivity index (χ1v) is 13.0. The van der Waals surface area contributed by atoms with Crippen LogP contribution in [0.15, 0.2) is 42.6 Å². The van der Waals surface area contributed by atoms with E-state index in [0.717, 1.165) is 12.0 Å². The van der Waals surface area contributed by atoms with Gasteiger partial charge in [-0.1, -0.05) is 30.7 Å². The van der Waals surface area contributed by atoms with E-state index in [9.17, 15) is 9.36 Å². The molecule has 0 amide bonds. The van der Waals surface area contributed by atoms with Crippen molar-refractivity contribution in [3.05, 3.63) is 58.7 Å². The fourth-order valence-electron chi connectivity index (χ4n) is 3.30. The second-order valence-electron chi connectivity index (χ2n) is 7.63. The van der Waals surface area contributed by atoms with Crippen molar-refractivity contribution >= 4 is 53.0 Å². The number of nitrogens with zero attached hydrogens (tertiary/aromatic N) is 2. The van der Waals surface area contributed by atoms with E-state index in [1.165, 1.54) is 13.1 Å². The van der Waals surface area contributed by atoms with Crippen LogP contribution in [0.2, 0.25) is 5.02 Å². The third-order valence-electron chi connectivity index (χ3n) is 4.93. The molecule has 0 aliphatic carbocycles. The average Bonchev–Trinajstić information content (AvgIpc) is 2.75. The first-order chi connectivity index (χ1) is 15.1. The Labute approximate surface area is 193 Å². The molecular weight excluding hydrogens is 447 g/mol. The van der Waals surface area contributed by atoms with Crippen molar-refractivity contribution < 1.29 is 14.1 Å². The van der Waals surface area contributed by atoms with Crippen molar-refractivity contribution in [3.63, 3.8) is 0 Å². The summed E-state index contributed by atoms with van der Waals surface area (Å²) in [7, 11) is -0.886. The molecule has 7 nitrogen and oxygen atoms in total. The molecule has 0 fully saturated rings. The summed E-state index contributed by atoms with van der Waals surface area (Å²) in [5.41, 5.74) is 2.81. The summed E-state index contributed by atoms with van der Waals surface area (Å²) in [5, 5.41) is 7.31. The Kier molecular flexibility index (Phi) is 7.22. The van der Waals surface area contributed by atoms with E-state index in [4.69, 9.17) is 16.3 Å². The second kappa shape index (κ2) is 9.72. The fraction of sp³-hybridized carbons (Fsp3) is 0.261. The molecule has 1 heterocycles. The second-order valence-corrected chi connectivity index (χ2v) is 11.3. The molecule has 2 aromatic carbocycles. The molecular formula is C23H26ClN4O3P. The number of aryl methyl sites for hydroxylation is 1. The number of ether oxygens (including phenoxy) is 1. The SMILES string of the molecule is CCc1cccc(Nc2nc(Nc3ccc(P(C)(C)=O)cc3OC)ncc2Cl)c1C(C)=O. The van der Waals surface area contributed by atoms with Crippen LogP contribution in [0.4, 0.5) is 23.1 Å². The van der Waals surface area contributed by atoms with Gasteiger partial charge in [-0.05, 0) is 56.5 Å². The quantitative estimate of drug-likeness (QED) is 0.323. The van der Waals surface area contributed by atoms with Gasteiger partial charge >= 0.3 is 0 Å². The van der Waals surface area contributed by atoms with Gasteiger partial charge in [-0.25, -0.2) is 4.98 Å². The monoisotopic (exact) mass is 472 g/mol. The number of nitrogens with one attached hydrogen (secondary N) is 2. The minimum absolute atomic E-state index is 0.0394. The molecule has 32 heavy (non-hydrogen) atoms. The van der Waals surface area contributed by atoms with E-state index in [1.54, 1.807) is 38.6 Å². The summed E-state index contributed by atoms with van der Waals surface area (Å²) in [6, 6.07) is 10.9. The highest BCUT2D eigenvalue weighted by molar-refractivity contribution is 7.70. The number of halogens is 1. The zero-order valence-electron chi connectivity index (χ0n) is 18.7. The molecule has 9 heteroatoms. The van der Waals surface area contributed by atoms with Crippen LogP contribution < -0.4 is 20.7 Å². The molecule has 0 bridgehead atoms. The number of hydrogen-bond donors (Lipinski definition) is 2. The van der Waals surface area contributed by atoms with Crippen LogP contribution in [-0.4, -0.2) is 36.2 Å². The molecule has 1 aromatic heterocycles. The maximum atomic E-state index is 12.4. The van der Waals surface area contributed by atoms with E-state index < -0.39 is 7.14 Å². The van der Waals surface area contributed by atoms with E-state index in [-0.39, 0.29) is 11.7 Å². The number of ketones is 1. The van der Waals surface area contributed by atoms with Gasteiger partial charge in [-0.2, -0.15) is 4.98 Å². The lowest BCUT2D eigenvalue weighted by Gasteiger charge is -2.16. The first-order valence-electron chi connectivity index (χ1n) is 10.1. The van der Waals surface area contributed by atoms with Crippen LogP contribution in [0.5, 0.6) is 5.75 Å². The molecule has 0 unspecified atom stereocenters. The highest BCUT2D eigenvalue weighted by Gasteiger charge is 2.17. The topological polar surface area (TPSA) is 93.2 Å². The highest BCUT2D eigenvalue weighted by Crippen LogP contribution is 2.38. The molecule has 0 saturated heterocycles. The van der Waals surface area contributed by atoms with Gasteiger partial charge in [0, 0.05) is 10.9 Å². The molecule has 3 aromatic rings. The summed E-state index contributed by atoms with van der Waals surface area (Å²) >= 11 is 6.33. The smallest absolute Gasteiger partial charge is 0.229 e. The summed E-state index contributed by atoms with van der Waals surface area (Å²) in [5.74, 6) is 1.13. The van der Waals surface area contributed by atoms with E-state index in [2.05, 4.69) is 20.6 Å². The van der Waals surface area contributed by atoms with Crippen molar-refractivity contribution in [1.29, 1.82) is 0 Å².